The third-order valence-corrected chi connectivity index (χ3v) is 8.59. The van der Waals surface area contributed by atoms with E-state index in [1.165, 1.54) is 0 Å². The number of nitrogens with zero attached hydrogens (tertiary/aromatic N) is 2. The standard InChI is InChI=1S/C25H33N3O5S/c1-3-28(20-10-12-34(31,32)13-11-20)23-8-6-18(21(15-25(29)30)17-4-5-17)14-22(23)27-19-7-9-24(33-2)26-16-19/h6-9,14,16-17,20-21,27H,3-5,10-13,15H2,1-2H3,(H,29,30). The molecule has 2 heterocycles. The average molecular weight is 488 g/mol. The van der Waals surface area contributed by atoms with Crippen molar-refractivity contribution in [2.75, 3.05) is 35.4 Å². The summed E-state index contributed by atoms with van der Waals surface area (Å²) >= 11 is 0. The van der Waals surface area contributed by atoms with Crippen LogP contribution in [-0.4, -0.2) is 55.7 Å². The zero-order chi connectivity index (χ0) is 24.3. The Morgan fingerprint density at radius 1 is 1.21 bits per heavy atom. The average Bonchev–Trinajstić information content (AvgIpc) is 3.65. The van der Waals surface area contributed by atoms with Gasteiger partial charge in [-0.2, -0.15) is 0 Å². The molecule has 1 atom stereocenters. The third kappa shape index (κ3) is 5.81. The minimum Gasteiger partial charge on any atom is -0.481 e. The number of hydrogen-bond acceptors (Lipinski definition) is 7. The normalized spacial score (nSPS) is 18.8. The summed E-state index contributed by atoms with van der Waals surface area (Å²) in [6.07, 6.45) is 5.14. The van der Waals surface area contributed by atoms with Gasteiger partial charge in [-0.3, -0.25) is 4.79 Å². The van der Waals surface area contributed by atoms with Crippen molar-refractivity contribution in [3.8, 4) is 5.88 Å². The Morgan fingerprint density at radius 3 is 2.50 bits per heavy atom. The van der Waals surface area contributed by atoms with Gasteiger partial charge in [-0.1, -0.05) is 6.07 Å². The lowest BCUT2D eigenvalue weighted by molar-refractivity contribution is -0.137. The van der Waals surface area contributed by atoms with Gasteiger partial charge in [0.15, 0.2) is 0 Å². The highest BCUT2D eigenvalue weighted by molar-refractivity contribution is 7.91. The fraction of sp³-hybridized carbons (Fsp3) is 0.520. The quantitative estimate of drug-likeness (QED) is 0.513. The first-order chi connectivity index (χ1) is 16.3. The van der Waals surface area contributed by atoms with E-state index in [1.54, 1.807) is 19.4 Å². The zero-order valence-corrected chi connectivity index (χ0v) is 20.6. The molecule has 0 bridgehead atoms. The van der Waals surface area contributed by atoms with Crippen LogP contribution in [0, 0.1) is 5.92 Å². The van der Waals surface area contributed by atoms with Gasteiger partial charge in [0.05, 0.1) is 48.3 Å². The maximum Gasteiger partial charge on any atom is 0.303 e. The van der Waals surface area contributed by atoms with E-state index in [9.17, 15) is 18.3 Å². The van der Waals surface area contributed by atoms with E-state index >= 15 is 0 Å². The van der Waals surface area contributed by atoms with Gasteiger partial charge in [0.1, 0.15) is 9.84 Å². The summed E-state index contributed by atoms with van der Waals surface area (Å²) < 4.78 is 29.1. The number of carbonyl (C=O) groups is 1. The molecule has 4 rings (SSSR count). The molecule has 1 aromatic heterocycles. The first-order valence-corrected chi connectivity index (χ1v) is 13.7. The number of carboxylic acid groups (broad SMARTS) is 1. The van der Waals surface area contributed by atoms with Gasteiger partial charge in [0.25, 0.3) is 0 Å². The first-order valence-electron chi connectivity index (χ1n) is 11.9. The van der Waals surface area contributed by atoms with E-state index in [0.29, 0.717) is 24.6 Å². The summed E-state index contributed by atoms with van der Waals surface area (Å²) in [5.74, 6) is 0.542. The van der Waals surface area contributed by atoms with Gasteiger partial charge in [0.2, 0.25) is 5.88 Å². The van der Waals surface area contributed by atoms with E-state index in [0.717, 1.165) is 42.0 Å². The summed E-state index contributed by atoms with van der Waals surface area (Å²) in [6.45, 7) is 2.81. The van der Waals surface area contributed by atoms with Crippen molar-refractivity contribution < 1.29 is 23.1 Å². The van der Waals surface area contributed by atoms with Crippen LogP contribution in [-0.2, 0) is 14.6 Å². The Bertz CT molecular complexity index is 1100. The van der Waals surface area contributed by atoms with Crippen molar-refractivity contribution in [1.29, 1.82) is 0 Å². The first kappa shape index (κ1) is 24.3. The van der Waals surface area contributed by atoms with Gasteiger partial charge in [-0.15, -0.1) is 0 Å². The number of sulfone groups is 1. The van der Waals surface area contributed by atoms with Crippen molar-refractivity contribution >= 4 is 32.9 Å². The molecule has 2 fully saturated rings. The highest BCUT2D eigenvalue weighted by atomic mass is 32.2. The maximum atomic E-state index is 12.0. The molecular weight excluding hydrogens is 454 g/mol. The van der Waals surface area contributed by atoms with Crippen LogP contribution in [0.1, 0.15) is 50.5 Å². The molecule has 0 amide bonds. The van der Waals surface area contributed by atoms with Gasteiger partial charge in [-0.05, 0) is 68.2 Å². The molecule has 184 valence electrons. The monoisotopic (exact) mass is 487 g/mol. The van der Waals surface area contributed by atoms with E-state index in [4.69, 9.17) is 4.74 Å². The SMILES string of the molecule is CCN(c1ccc(C(CC(=O)O)C2CC2)cc1Nc1ccc(OC)nc1)C1CCS(=O)(=O)CC1. The molecular formula is C25H33N3O5S. The number of nitrogens with one attached hydrogen (secondary N) is 1. The number of methoxy groups -OCH3 is 1. The molecule has 1 saturated carbocycles. The molecule has 2 aromatic rings. The summed E-state index contributed by atoms with van der Waals surface area (Å²) in [4.78, 5) is 18.1. The largest absolute Gasteiger partial charge is 0.481 e. The van der Waals surface area contributed by atoms with E-state index in [2.05, 4.69) is 34.3 Å². The lowest BCUT2D eigenvalue weighted by Crippen LogP contribution is -2.41. The van der Waals surface area contributed by atoms with Crippen molar-refractivity contribution in [1.82, 2.24) is 4.98 Å². The van der Waals surface area contributed by atoms with Crippen LogP contribution >= 0.6 is 0 Å². The number of carboxylic acids is 1. The number of benzene rings is 1. The molecule has 0 spiro atoms. The third-order valence-electron chi connectivity index (χ3n) is 6.87. The van der Waals surface area contributed by atoms with Crippen LogP contribution in [0.3, 0.4) is 0 Å². The van der Waals surface area contributed by atoms with Crippen LogP contribution in [0.25, 0.3) is 0 Å². The molecule has 1 unspecified atom stereocenters. The van der Waals surface area contributed by atoms with Gasteiger partial charge in [-0.25, -0.2) is 13.4 Å². The molecule has 2 aliphatic rings. The lowest BCUT2D eigenvalue weighted by atomic mass is 9.90. The lowest BCUT2D eigenvalue weighted by Gasteiger charge is -2.36. The van der Waals surface area contributed by atoms with Crippen molar-refractivity contribution in [3.63, 3.8) is 0 Å². The molecule has 0 radical (unpaired) electrons. The molecule has 8 nitrogen and oxygen atoms in total. The minimum absolute atomic E-state index is 0.0176. The number of pyridine rings is 1. The number of hydrogen-bond donors (Lipinski definition) is 2. The van der Waals surface area contributed by atoms with E-state index in [1.807, 2.05) is 12.1 Å². The number of anilines is 3. The fourth-order valence-corrected chi connectivity index (χ4v) is 6.39. The van der Waals surface area contributed by atoms with Gasteiger partial charge >= 0.3 is 5.97 Å². The number of rotatable bonds is 10. The highest BCUT2D eigenvalue weighted by Crippen LogP contribution is 2.46. The fourth-order valence-electron chi connectivity index (χ4n) is 4.92. The Kier molecular flexibility index (Phi) is 7.30. The zero-order valence-electron chi connectivity index (χ0n) is 19.7. The summed E-state index contributed by atoms with van der Waals surface area (Å²) in [5, 5.41) is 13.0. The predicted octanol–water partition coefficient (Wildman–Crippen LogP) is 4.21. The molecule has 1 aromatic carbocycles. The van der Waals surface area contributed by atoms with Crippen LogP contribution in [0.5, 0.6) is 5.88 Å². The predicted molar refractivity (Wildman–Crippen MR) is 133 cm³/mol. The summed E-state index contributed by atoms with van der Waals surface area (Å²) in [6, 6.07) is 9.97. The van der Waals surface area contributed by atoms with Crippen molar-refractivity contribution in [2.45, 2.75) is 51.0 Å². The summed E-state index contributed by atoms with van der Waals surface area (Å²) in [5.41, 5.74) is 3.66. The van der Waals surface area contributed by atoms with E-state index < -0.39 is 15.8 Å². The van der Waals surface area contributed by atoms with Gasteiger partial charge < -0.3 is 20.1 Å². The summed E-state index contributed by atoms with van der Waals surface area (Å²) in [7, 11) is -1.38. The maximum absolute atomic E-state index is 12.0. The number of aromatic nitrogens is 1. The van der Waals surface area contributed by atoms with Crippen LogP contribution < -0.4 is 15.0 Å². The van der Waals surface area contributed by atoms with Crippen molar-refractivity contribution in [3.05, 3.63) is 42.1 Å². The molecule has 1 saturated heterocycles. The Labute approximate surface area is 201 Å². The second-order valence-electron chi connectivity index (χ2n) is 9.20. The van der Waals surface area contributed by atoms with Gasteiger partial charge in [0, 0.05) is 18.7 Å². The second kappa shape index (κ2) is 10.2. The Hall–Kier alpha value is -2.81. The van der Waals surface area contributed by atoms with Crippen LogP contribution in [0.15, 0.2) is 36.5 Å². The van der Waals surface area contributed by atoms with Crippen LogP contribution in [0.2, 0.25) is 0 Å². The molecule has 9 heteroatoms. The van der Waals surface area contributed by atoms with Crippen LogP contribution in [0.4, 0.5) is 17.1 Å². The molecule has 2 N–H and O–H groups in total. The topological polar surface area (TPSA) is 109 Å². The number of aliphatic carboxylic acids is 1. The molecule has 1 aliphatic heterocycles. The second-order valence-corrected chi connectivity index (χ2v) is 11.5. The molecule has 34 heavy (non-hydrogen) atoms. The molecule has 1 aliphatic carbocycles. The Morgan fingerprint density at radius 2 is 1.94 bits per heavy atom. The van der Waals surface area contributed by atoms with E-state index in [-0.39, 0.29) is 29.9 Å². The Balaban J connectivity index is 1.69. The highest BCUT2D eigenvalue weighted by Gasteiger charge is 2.35. The van der Waals surface area contributed by atoms with Crippen molar-refractivity contribution in [2.24, 2.45) is 5.92 Å². The smallest absolute Gasteiger partial charge is 0.303 e. The number of ether oxygens (including phenoxy) is 1. The minimum atomic E-state index is -2.96.